The molecule has 0 spiro atoms. The lowest BCUT2D eigenvalue weighted by atomic mass is 10.3. The van der Waals surface area contributed by atoms with Crippen LogP contribution in [0.4, 0.5) is 0 Å². The summed E-state index contributed by atoms with van der Waals surface area (Å²) in [6.07, 6.45) is 3.93. The van der Waals surface area contributed by atoms with Crippen LogP contribution in [0.3, 0.4) is 0 Å². The fourth-order valence-corrected chi connectivity index (χ4v) is 1.86. The van der Waals surface area contributed by atoms with Gasteiger partial charge in [-0.2, -0.15) is 0 Å². The van der Waals surface area contributed by atoms with Gasteiger partial charge in [-0.3, -0.25) is 4.68 Å². The Balaban J connectivity index is 1.82. The van der Waals surface area contributed by atoms with Crippen LogP contribution in [-0.4, -0.2) is 44.6 Å². The summed E-state index contributed by atoms with van der Waals surface area (Å²) >= 11 is 0. The molecule has 1 aromatic heterocycles. The minimum absolute atomic E-state index is 0.523. The molecule has 0 saturated carbocycles. The fourth-order valence-electron chi connectivity index (χ4n) is 1.86. The van der Waals surface area contributed by atoms with Gasteiger partial charge in [0.25, 0.3) is 0 Å². The Kier molecular flexibility index (Phi) is 3.33. The van der Waals surface area contributed by atoms with Crippen molar-refractivity contribution >= 4 is 0 Å². The largest absolute Gasteiger partial charge is 0.387 e. The van der Waals surface area contributed by atoms with E-state index >= 15 is 0 Å². The summed E-state index contributed by atoms with van der Waals surface area (Å²) in [7, 11) is 0. The van der Waals surface area contributed by atoms with E-state index < -0.39 is 6.10 Å². The Bertz CT molecular complexity index is 304. The van der Waals surface area contributed by atoms with Crippen molar-refractivity contribution in [3.63, 3.8) is 0 Å². The number of aliphatic hydroxyl groups excluding tert-OH is 1. The van der Waals surface area contributed by atoms with Gasteiger partial charge in [0.2, 0.25) is 0 Å². The van der Waals surface area contributed by atoms with E-state index in [9.17, 15) is 5.11 Å². The number of likely N-dealkylation sites (tertiary alicyclic amines) is 1. The lowest BCUT2D eigenvalue weighted by Gasteiger charge is -2.13. The number of aromatic nitrogens is 3. The molecule has 2 heterocycles. The molecule has 0 bridgehead atoms. The van der Waals surface area contributed by atoms with Crippen LogP contribution in [0.15, 0.2) is 6.20 Å². The van der Waals surface area contributed by atoms with E-state index in [4.69, 9.17) is 0 Å². The van der Waals surface area contributed by atoms with Crippen molar-refractivity contribution < 1.29 is 5.11 Å². The summed E-state index contributed by atoms with van der Waals surface area (Å²) in [4.78, 5) is 2.43. The molecular weight excluding hydrogens is 192 g/mol. The van der Waals surface area contributed by atoms with Crippen LogP contribution in [0.2, 0.25) is 0 Å². The van der Waals surface area contributed by atoms with E-state index in [1.165, 1.54) is 25.9 Å². The highest BCUT2D eigenvalue weighted by molar-refractivity contribution is 4.95. The smallest absolute Gasteiger partial charge is 0.111 e. The highest BCUT2D eigenvalue weighted by Gasteiger charge is 2.12. The Morgan fingerprint density at radius 1 is 1.40 bits per heavy atom. The molecule has 1 atom stereocenters. The van der Waals surface area contributed by atoms with Gasteiger partial charge in [0.05, 0.1) is 18.8 Å². The molecule has 0 radical (unpaired) electrons. The summed E-state index contributed by atoms with van der Waals surface area (Å²) in [6, 6.07) is 0. The summed E-state index contributed by atoms with van der Waals surface area (Å²) in [5, 5.41) is 17.2. The van der Waals surface area contributed by atoms with Crippen LogP contribution in [0.25, 0.3) is 0 Å². The predicted octanol–water partition coefficient (Wildman–Crippen LogP) is 0.427. The normalized spacial score (nSPS) is 19.6. The Morgan fingerprint density at radius 2 is 2.13 bits per heavy atom. The maximum atomic E-state index is 9.29. The van der Waals surface area contributed by atoms with Gasteiger partial charge in [-0.05, 0) is 32.9 Å². The van der Waals surface area contributed by atoms with E-state index in [2.05, 4.69) is 15.2 Å². The van der Waals surface area contributed by atoms with Gasteiger partial charge in [-0.15, -0.1) is 5.10 Å². The minimum Gasteiger partial charge on any atom is -0.387 e. The number of hydrogen-bond donors (Lipinski definition) is 1. The van der Waals surface area contributed by atoms with Gasteiger partial charge in [0.15, 0.2) is 0 Å². The zero-order valence-corrected chi connectivity index (χ0v) is 9.13. The number of aliphatic hydroxyl groups is 1. The van der Waals surface area contributed by atoms with Crippen molar-refractivity contribution in [2.45, 2.75) is 32.4 Å². The third-order valence-electron chi connectivity index (χ3n) is 2.83. The Morgan fingerprint density at radius 3 is 2.73 bits per heavy atom. The second-order valence-electron chi connectivity index (χ2n) is 4.13. The molecule has 1 aliphatic heterocycles. The lowest BCUT2D eigenvalue weighted by Crippen LogP contribution is -2.24. The lowest BCUT2D eigenvalue weighted by molar-refractivity contribution is 0.194. The van der Waals surface area contributed by atoms with Crippen molar-refractivity contribution in [3.8, 4) is 0 Å². The van der Waals surface area contributed by atoms with Crippen LogP contribution in [0.5, 0.6) is 0 Å². The first kappa shape index (κ1) is 10.6. The van der Waals surface area contributed by atoms with Crippen LogP contribution < -0.4 is 0 Å². The molecule has 1 aliphatic rings. The maximum Gasteiger partial charge on any atom is 0.111 e. The van der Waals surface area contributed by atoms with Crippen LogP contribution in [-0.2, 0) is 6.54 Å². The van der Waals surface area contributed by atoms with Gasteiger partial charge in [0, 0.05) is 6.54 Å². The minimum atomic E-state index is -0.523. The number of rotatable bonds is 4. The third-order valence-corrected chi connectivity index (χ3v) is 2.83. The van der Waals surface area contributed by atoms with Crippen molar-refractivity contribution in [1.29, 1.82) is 0 Å². The number of hydrogen-bond acceptors (Lipinski definition) is 4. The molecule has 15 heavy (non-hydrogen) atoms. The first-order valence-corrected chi connectivity index (χ1v) is 5.56. The summed E-state index contributed by atoms with van der Waals surface area (Å²) in [5.41, 5.74) is 0.649. The van der Waals surface area contributed by atoms with E-state index in [1.54, 1.807) is 11.6 Å². The Hall–Kier alpha value is -0.940. The quantitative estimate of drug-likeness (QED) is 0.783. The Labute approximate surface area is 89.7 Å². The molecule has 5 heteroatoms. The summed E-state index contributed by atoms with van der Waals surface area (Å²) in [6.45, 7) is 6.01. The molecule has 2 rings (SSSR count). The molecule has 1 aromatic rings. The van der Waals surface area contributed by atoms with Crippen LogP contribution in [0, 0.1) is 0 Å². The van der Waals surface area contributed by atoms with Gasteiger partial charge in [0.1, 0.15) is 5.69 Å². The second-order valence-corrected chi connectivity index (χ2v) is 4.13. The highest BCUT2D eigenvalue weighted by Crippen LogP contribution is 2.08. The van der Waals surface area contributed by atoms with E-state index in [0.29, 0.717) is 5.69 Å². The zero-order chi connectivity index (χ0) is 10.7. The van der Waals surface area contributed by atoms with Crippen LogP contribution >= 0.6 is 0 Å². The monoisotopic (exact) mass is 210 g/mol. The van der Waals surface area contributed by atoms with Crippen molar-refractivity contribution in [2.75, 3.05) is 19.6 Å². The second kappa shape index (κ2) is 4.72. The summed E-state index contributed by atoms with van der Waals surface area (Å²) in [5.74, 6) is 0. The standard InChI is InChI=1S/C10H18N4O/c1-9(15)10-8-14(12-11-10)7-6-13-4-2-3-5-13/h8-9,15H,2-7H2,1H3. The first-order valence-electron chi connectivity index (χ1n) is 5.56. The first-order chi connectivity index (χ1) is 7.25. The van der Waals surface area contributed by atoms with E-state index in [0.717, 1.165) is 13.1 Å². The molecule has 1 saturated heterocycles. The summed E-state index contributed by atoms with van der Waals surface area (Å²) < 4.78 is 1.81. The molecule has 1 unspecified atom stereocenters. The van der Waals surface area contributed by atoms with Gasteiger partial charge < -0.3 is 10.0 Å². The van der Waals surface area contributed by atoms with E-state index in [1.807, 2.05) is 6.20 Å². The van der Waals surface area contributed by atoms with Crippen molar-refractivity contribution in [1.82, 2.24) is 19.9 Å². The number of nitrogens with zero attached hydrogens (tertiary/aromatic N) is 4. The predicted molar refractivity (Wildman–Crippen MR) is 56.3 cm³/mol. The zero-order valence-electron chi connectivity index (χ0n) is 9.13. The average Bonchev–Trinajstić information content (AvgIpc) is 2.86. The molecular formula is C10H18N4O. The average molecular weight is 210 g/mol. The molecule has 1 fully saturated rings. The van der Waals surface area contributed by atoms with Crippen molar-refractivity contribution in [3.05, 3.63) is 11.9 Å². The van der Waals surface area contributed by atoms with E-state index in [-0.39, 0.29) is 0 Å². The van der Waals surface area contributed by atoms with Gasteiger partial charge in [-0.1, -0.05) is 5.21 Å². The van der Waals surface area contributed by atoms with Crippen LogP contribution in [0.1, 0.15) is 31.6 Å². The molecule has 0 aromatic carbocycles. The molecule has 0 aliphatic carbocycles. The van der Waals surface area contributed by atoms with Crippen molar-refractivity contribution in [2.24, 2.45) is 0 Å². The molecule has 84 valence electrons. The van der Waals surface area contributed by atoms with Gasteiger partial charge >= 0.3 is 0 Å². The third kappa shape index (κ3) is 2.76. The highest BCUT2D eigenvalue weighted by atomic mass is 16.3. The maximum absolute atomic E-state index is 9.29. The van der Waals surface area contributed by atoms with Gasteiger partial charge in [-0.25, -0.2) is 0 Å². The topological polar surface area (TPSA) is 54.2 Å². The fraction of sp³-hybridized carbons (Fsp3) is 0.800. The molecule has 0 amide bonds. The molecule has 5 nitrogen and oxygen atoms in total. The molecule has 1 N–H and O–H groups in total. The SMILES string of the molecule is CC(O)c1cn(CCN2CCCC2)nn1.